The van der Waals surface area contributed by atoms with E-state index in [4.69, 9.17) is 9.47 Å². The van der Waals surface area contributed by atoms with Crippen LogP contribution in [-0.4, -0.2) is 18.2 Å². The molecule has 0 bridgehead atoms. The number of hydrogen-bond acceptors (Lipinski definition) is 4. The number of nitrogens with zero attached hydrogens (tertiary/aromatic N) is 1. The zero-order chi connectivity index (χ0) is 19.5. The summed E-state index contributed by atoms with van der Waals surface area (Å²) in [5.74, 6) is 1.40. The molecule has 2 rings (SSSR count). The van der Waals surface area contributed by atoms with Gasteiger partial charge >= 0.3 is 0 Å². The molecule has 0 unspecified atom stereocenters. The number of hydrazone groups is 1. The minimum Gasteiger partial charge on any atom is -0.494 e. The Labute approximate surface area is 161 Å². The summed E-state index contributed by atoms with van der Waals surface area (Å²) < 4.78 is 11.2. The van der Waals surface area contributed by atoms with E-state index in [-0.39, 0.29) is 5.91 Å². The molecule has 0 fully saturated rings. The molecular formula is C22H28N2O3. The Morgan fingerprint density at radius 3 is 2.19 bits per heavy atom. The molecule has 0 atom stereocenters. The van der Waals surface area contributed by atoms with Gasteiger partial charge in [0.15, 0.2) is 0 Å². The number of rotatable bonds is 10. The van der Waals surface area contributed by atoms with E-state index in [0.29, 0.717) is 18.8 Å². The summed E-state index contributed by atoms with van der Waals surface area (Å²) in [4.78, 5) is 12.1. The van der Waals surface area contributed by atoms with Crippen LogP contribution in [-0.2, 0) is 6.61 Å². The first-order chi connectivity index (χ1) is 13.1. The molecule has 1 N–H and O–H groups in total. The number of unbranched alkanes of at least 4 members (excludes halogenated alkanes) is 1. The highest BCUT2D eigenvalue weighted by Crippen LogP contribution is 2.18. The standard InChI is InChI=1S/C22H28N2O3/c1-4-6-7-17(3)23-24-22(25)19-10-8-18(9-11-19)16-27-21-14-12-20(13-15-21)26-5-2/h8-15H,4-7,16H2,1-3H3,(H,24,25)/b23-17+. The molecule has 5 nitrogen and oxygen atoms in total. The Morgan fingerprint density at radius 2 is 1.59 bits per heavy atom. The topological polar surface area (TPSA) is 59.9 Å². The fourth-order valence-electron chi connectivity index (χ4n) is 2.42. The molecule has 0 aromatic heterocycles. The smallest absolute Gasteiger partial charge is 0.271 e. The second-order valence-electron chi connectivity index (χ2n) is 6.28. The van der Waals surface area contributed by atoms with Crippen LogP contribution in [0.2, 0.25) is 0 Å². The van der Waals surface area contributed by atoms with Crippen LogP contribution >= 0.6 is 0 Å². The third-order valence-electron chi connectivity index (χ3n) is 4.00. The van der Waals surface area contributed by atoms with Gasteiger partial charge in [0.05, 0.1) is 6.61 Å². The van der Waals surface area contributed by atoms with Crippen molar-refractivity contribution in [1.29, 1.82) is 0 Å². The average molecular weight is 368 g/mol. The molecule has 27 heavy (non-hydrogen) atoms. The zero-order valence-electron chi connectivity index (χ0n) is 16.3. The first-order valence-electron chi connectivity index (χ1n) is 9.40. The molecule has 0 spiro atoms. The monoisotopic (exact) mass is 368 g/mol. The van der Waals surface area contributed by atoms with E-state index in [2.05, 4.69) is 17.5 Å². The van der Waals surface area contributed by atoms with E-state index in [1.54, 1.807) is 12.1 Å². The van der Waals surface area contributed by atoms with E-state index in [1.807, 2.05) is 50.2 Å². The van der Waals surface area contributed by atoms with E-state index in [1.165, 1.54) is 0 Å². The third-order valence-corrected chi connectivity index (χ3v) is 4.00. The summed E-state index contributed by atoms with van der Waals surface area (Å²) in [5, 5.41) is 4.14. The molecule has 5 heteroatoms. The molecule has 0 aliphatic rings. The van der Waals surface area contributed by atoms with E-state index < -0.39 is 0 Å². The molecule has 0 saturated carbocycles. The summed E-state index contributed by atoms with van der Waals surface area (Å²) in [6.07, 6.45) is 3.09. The lowest BCUT2D eigenvalue weighted by Crippen LogP contribution is -2.19. The highest BCUT2D eigenvalue weighted by atomic mass is 16.5. The van der Waals surface area contributed by atoms with Gasteiger partial charge in [-0.3, -0.25) is 4.79 Å². The molecule has 0 aliphatic heterocycles. The maximum absolute atomic E-state index is 12.1. The summed E-state index contributed by atoms with van der Waals surface area (Å²) in [6.45, 7) is 7.09. The van der Waals surface area contributed by atoms with Crippen LogP contribution in [0.5, 0.6) is 11.5 Å². The highest BCUT2D eigenvalue weighted by molar-refractivity contribution is 5.95. The SMILES string of the molecule is CCCC/C(C)=N/NC(=O)c1ccc(COc2ccc(OCC)cc2)cc1. The summed E-state index contributed by atoms with van der Waals surface area (Å²) in [6, 6.07) is 14.9. The lowest BCUT2D eigenvalue weighted by molar-refractivity contribution is 0.0954. The maximum atomic E-state index is 12.1. The Hall–Kier alpha value is -2.82. The van der Waals surface area contributed by atoms with Crippen LogP contribution in [0.4, 0.5) is 0 Å². The van der Waals surface area contributed by atoms with Crippen molar-refractivity contribution in [3.63, 3.8) is 0 Å². The van der Waals surface area contributed by atoms with Gasteiger partial charge < -0.3 is 9.47 Å². The number of carbonyl (C=O) groups is 1. The Kier molecular flexibility index (Phi) is 8.36. The third kappa shape index (κ3) is 7.13. The summed E-state index contributed by atoms with van der Waals surface area (Å²) in [7, 11) is 0. The summed E-state index contributed by atoms with van der Waals surface area (Å²) in [5.41, 5.74) is 5.11. The van der Waals surface area contributed by atoms with Crippen LogP contribution in [0.25, 0.3) is 0 Å². The molecule has 2 aromatic rings. The first-order valence-corrected chi connectivity index (χ1v) is 9.40. The molecule has 0 radical (unpaired) electrons. The molecule has 1 amide bonds. The molecule has 2 aromatic carbocycles. The molecular weight excluding hydrogens is 340 g/mol. The van der Waals surface area contributed by atoms with Crippen molar-refractivity contribution in [1.82, 2.24) is 5.43 Å². The van der Waals surface area contributed by atoms with Gasteiger partial charge in [-0.25, -0.2) is 5.43 Å². The first kappa shape index (κ1) is 20.5. The van der Waals surface area contributed by atoms with Crippen molar-refractivity contribution in [2.24, 2.45) is 5.10 Å². The van der Waals surface area contributed by atoms with Gasteiger partial charge in [-0.1, -0.05) is 25.5 Å². The number of nitrogens with one attached hydrogen (secondary N) is 1. The van der Waals surface area contributed by atoms with Gasteiger partial charge in [0.1, 0.15) is 18.1 Å². The van der Waals surface area contributed by atoms with Crippen LogP contribution in [0, 0.1) is 0 Å². The highest BCUT2D eigenvalue weighted by Gasteiger charge is 2.05. The number of carbonyl (C=O) groups excluding carboxylic acids is 1. The van der Waals surface area contributed by atoms with Crippen molar-refractivity contribution < 1.29 is 14.3 Å². The number of hydrogen-bond donors (Lipinski definition) is 1. The molecule has 0 saturated heterocycles. The minimum absolute atomic E-state index is 0.204. The number of ether oxygens (including phenoxy) is 2. The minimum atomic E-state index is -0.204. The van der Waals surface area contributed by atoms with Crippen molar-refractivity contribution in [3.8, 4) is 11.5 Å². The Balaban J connectivity index is 1.84. The predicted octanol–water partition coefficient (Wildman–Crippen LogP) is 4.96. The summed E-state index contributed by atoms with van der Waals surface area (Å²) >= 11 is 0. The van der Waals surface area contributed by atoms with Gasteiger partial charge in [0, 0.05) is 11.3 Å². The Bertz CT molecular complexity index is 737. The van der Waals surface area contributed by atoms with Gasteiger partial charge in [-0.15, -0.1) is 0 Å². The number of amides is 1. The lowest BCUT2D eigenvalue weighted by Gasteiger charge is -2.08. The van der Waals surface area contributed by atoms with E-state index in [9.17, 15) is 4.79 Å². The van der Waals surface area contributed by atoms with Gasteiger partial charge in [0.2, 0.25) is 0 Å². The molecule has 144 valence electrons. The van der Waals surface area contributed by atoms with Crippen LogP contribution in [0.15, 0.2) is 53.6 Å². The Morgan fingerprint density at radius 1 is 0.963 bits per heavy atom. The maximum Gasteiger partial charge on any atom is 0.271 e. The molecule has 0 aliphatic carbocycles. The van der Waals surface area contributed by atoms with Gasteiger partial charge in [0.25, 0.3) is 5.91 Å². The van der Waals surface area contributed by atoms with E-state index in [0.717, 1.165) is 42.0 Å². The lowest BCUT2D eigenvalue weighted by atomic mass is 10.1. The zero-order valence-corrected chi connectivity index (χ0v) is 16.3. The van der Waals surface area contributed by atoms with Crippen molar-refractivity contribution in [3.05, 3.63) is 59.7 Å². The predicted molar refractivity (Wildman–Crippen MR) is 108 cm³/mol. The van der Waals surface area contributed by atoms with Gasteiger partial charge in [-0.2, -0.15) is 5.10 Å². The fourth-order valence-corrected chi connectivity index (χ4v) is 2.42. The number of benzene rings is 2. The second-order valence-corrected chi connectivity index (χ2v) is 6.28. The fraction of sp³-hybridized carbons (Fsp3) is 0.364. The van der Waals surface area contributed by atoms with E-state index >= 15 is 0 Å². The van der Waals surface area contributed by atoms with Crippen LogP contribution in [0.3, 0.4) is 0 Å². The van der Waals surface area contributed by atoms with Crippen molar-refractivity contribution in [2.45, 2.75) is 46.6 Å². The largest absolute Gasteiger partial charge is 0.494 e. The second kappa shape index (κ2) is 11.0. The van der Waals surface area contributed by atoms with Crippen molar-refractivity contribution >= 4 is 11.6 Å². The van der Waals surface area contributed by atoms with Crippen molar-refractivity contribution in [2.75, 3.05) is 6.61 Å². The van der Waals surface area contributed by atoms with Gasteiger partial charge in [-0.05, 0) is 68.7 Å². The van der Waals surface area contributed by atoms with Crippen LogP contribution in [0.1, 0.15) is 56.0 Å². The normalized spacial score (nSPS) is 11.1. The quantitative estimate of drug-likeness (QED) is 0.476. The van der Waals surface area contributed by atoms with Crippen LogP contribution < -0.4 is 14.9 Å². The molecule has 0 heterocycles. The average Bonchev–Trinajstić information content (AvgIpc) is 2.70.